The Bertz CT molecular complexity index is 775. The number of hydrogen-bond donors (Lipinski definition) is 1. The first-order valence-corrected chi connectivity index (χ1v) is 7.31. The summed E-state index contributed by atoms with van der Waals surface area (Å²) in [5, 5.41) is 7.46. The summed E-state index contributed by atoms with van der Waals surface area (Å²) < 4.78 is 39.7. The summed E-state index contributed by atoms with van der Waals surface area (Å²) in [6.45, 7) is 3.88. The third kappa shape index (κ3) is 3.39. The van der Waals surface area contributed by atoms with Gasteiger partial charge in [-0.05, 0) is 31.5 Å². The van der Waals surface area contributed by atoms with Crippen LogP contribution in [0, 0.1) is 5.41 Å². The Morgan fingerprint density at radius 2 is 2.04 bits per heavy atom. The van der Waals surface area contributed by atoms with Gasteiger partial charge in [0.1, 0.15) is 5.71 Å². The molecular formula is C15H16ClF3N4. The van der Waals surface area contributed by atoms with Crippen LogP contribution in [0.4, 0.5) is 13.2 Å². The molecule has 0 bridgehead atoms. The monoisotopic (exact) mass is 344 g/mol. The number of rotatable bonds is 4. The minimum atomic E-state index is -4.67. The molecule has 0 saturated heterocycles. The van der Waals surface area contributed by atoms with E-state index in [-0.39, 0.29) is 17.0 Å². The molecule has 1 N–H and O–H groups in total. The minimum Gasteiger partial charge on any atom is -0.312 e. The van der Waals surface area contributed by atoms with Crippen LogP contribution in [0.3, 0.4) is 0 Å². The fraction of sp³-hybridized carbons (Fsp3) is 0.400. The molecule has 0 atom stereocenters. The van der Waals surface area contributed by atoms with E-state index in [1.54, 1.807) is 22.8 Å². The molecule has 0 unspecified atom stereocenters. The summed E-state index contributed by atoms with van der Waals surface area (Å²) in [4.78, 5) is 8.20. The molecule has 0 aliphatic rings. The summed E-state index contributed by atoms with van der Waals surface area (Å²) in [5.41, 5.74) is 0.483. The largest absolute Gasteiger partial charge is 0.429 e. The first kappa shape index (κ1) is 17.5. The first-order valence-electron chi connectivity index (χ1n) is 6.94. The molecule has 4 nitrogen and oxygen atoms in total. The van der Waals surface area contributed by atoms with Gasteiger partial charge in [-0.3, -0.25) is 4.99 Å². The SMILES string of the molecule is CN=C(CC(=N)C(F)(F)F)c1cccc2c1nc(Cl)n2C(C)C. The highest BCUT2D eigenvalue weighted by atomic mass is 35.5. The lowest BCUT2D eigenvalue weighted by Crippen LogP contribution is -2.25. The fourth-order valence-electron chi connectivity index (χ4n) is 2.38. The van der Waals surface area contributed by atoms with Crippen LogP contribution >= 0.6 is 11.6 Å². The number of nitrogens with zero attached hydrogens (tertiary/aromatic N) is 3. The van der Waals surface area contributed by atoms with Crippen molar-refractivity contribution >= 4 is 34.1 Å². The summed E-state index contributed by atoms with van der Waals surface area (Å²) in [6, 6.07) is 5.22. The van der Waals surface area contributed by atoms with Gasteiger partial charge in [-0.25, -0.2) is 4.98 Å². The third-order valence-electron chi connectivity index (χ3n) is 3.46. The highest BCUT2D eigenvalue weighted by Crippen LogP contribution is 2.28. The van der Waals surface area contributed by atoms with E-state index in [0.717, 1.165) is 5.52 Å². The molecular weight excluding hydrogens is 329 g/mol. The number of para-hydroxylation sites is 1. The highest BCUT2D eigenvalue weighted by molar-refractivity contribution is 6.29. The lowest BCUT2D eigenvalue weighted by atomic mass is 10.0. The molecule has 0 amide bonds. The van der Waals surface area contributed by atoms with Crippen LogP contribution in [0.15, 0.2) is 23.2 Å². The molecule has 2 aromatic rings. The zero-order chi connectivity index (χ0) is 17.4. The molecule has 0 radical (unpaired) electrons. The Morgan fingerprint density at radius 3 is 2.57 bits per heavy atom. The maximum atomic E-state index is 12.6. The summed E-state index contributed by atoms with van der Waals surface area (Å²) >= 11 is 6.15. The topological polar surface area (TPSA) is 54.0 Å². The van der Waals surface area contributed by atoms with Crippen LogP contribution < -0.4 is 0 Å². The summed E-state index contributed by atoms with van der Waals surface area (Å²) in [7, 11) is 1.40. The molecule has 0 aliphatic carbocycles. The zero-order valence-corrected chi connectivity index (χ0v) is 13.6. The second-order valence-electron chi connectivity index (χ2n) is 5.34. The van der Waals surface area contributed by atoms with E-state index in [2.05, 4.69) is 9.98 Å². The lowest BCUT2D eigenvalue weighted by molar-refractivity contribution is -0.0605. The van der Waals surface area contributed by atoms with E-state index in [1.807, 2.05) is 13.8 Å². The quantitative estimate of drug-likeness (QED) is 0.806. The Labute approximate surface area is 136 Å². The van der Waals surface area contributed by atoms with Crippen LogP contribution in [0.25, 0.3) is 11.0 Å². The lowest BCUT2D eigenvalue weighted by Gasteiger charge is -2.12. The van der Waals surface area contributed by atoms with Crippen molar-refractivity contribution in [3.63, 3.8) is 0 Å². The predicted molar refractivity (Wildman–Crippen MR) is 86.0 cm³/mol. The van der Waals surface area contributed by atoms with Crippen molar-refractivity contribution in [3.8, 4) is 0 Å². The van der Waals surface area contributed by atoms with E-state index in [0.29, 0.717) is 11.1 Å². The van der Waals surface area contributed by atoms with Crippen LogP contribution in [0.2, 0.25) is 5.28 Å². The molecule has 0 spiro atoms. The molecule has 1 aromatic carbocycles. The Hall–Kier alpha value is -1.89. The first-order chi connectivity index (χ1) is 10.7. The van der Waals surface area contributed by atoms with Gasteiger partial charge in [0.15, 0.2) is 0 Å². The highest BCUT2D eigenvalue weighted by Gasteiger charge is 2.35. The van der Waals surface area contributed by atoms with Crippen molar-refractivity contribution in [1.82, 2.24) is 9.55 Å². The molecule has 0 aliphatic heterocycles. The van der Waals surface area contributed by atoms with E-state index >= 15 is 0 Å². The van der Waals surface area contributed by atoms with Crippen molar-refractivity contribution < 1.29 is 13.2 Å². The smallest absolute Gasteiger partial charge is 0.312 e. The number of nitrogens with one attached hydrogen (secondary N) is 1. The van der Waals surface area contributed by atoms with Gasteiger partial charge in [0.25, 0.3) is 0 Å². The normalized spacial score (nSPS) is 13.1. The van der Waals surface area contributed by atoms with E-state index < -0.39 is 18.3 Å². The Kier molecular flexibility index (Phi) is 4.79. The third-order valence-corrected chi connectivity index (χ3v) is 3.73. The minimum absolute atomic E-state index is 0.0539. The molecule has 2 rings (SSSR count). The Balaban J connectivity index is 2.55. The molecule has 0 fully saturated rings. The van der Waals surface area contributed by atoms with Gasteiger partial charge in [0.2, 0.25) is 5.28 Å². The second-order valence-corrected chi connectivity index (χ2v) is 5.68. The predicted octanol–water partition coefficient (Wildman–Crippen LogP) is 4.66. The molecule has 0 saturated carbocycles. The van der Waals surface area contributed by atoms with Gasteiger partial charge >= 0.3 is 6.18 Å². The summed E-state index contributed by atoms with van der Waals surface area (Å²) in [6.07, 6.45) is -5.27. The van der Waals surface area contributed by atoms with Crippen LogP contribution in [0.1, 0.15) is 31.9 Å². The van der Waals surface area contributed by atoms with Crippen molar-refractivity contribution in [2.45, 2.75) is 32.5 Å². The average Bonchev–Trinajstić information content (AvgIpc) is 2.79. The van der Waals surface area contributed by atoms with Crippen molar-refractivity contribution in [3.05, 3.63) is 29.0 Å². The number of hydrogen-bond acceptors (Lipinski definition) is 3. The van der Waals surface area contributed by atoms with Crippen molar-refractivity contribution in [2.75, 3.05) is 7.05 Å². The van der Waals surface area contributed by atoms with Crippen LogP contribution in [0.5, 0.6) is 0 Å². The molecule has 124 valence electrons. The number of benzene rings is 1. The van der Waals surface area contributed by atoms with Gasteiger partial charge in [-0.15, -0.1) is 0 Å². The number of alkyl halides is 3. The number of imidazole rings is 1. The van der Waals surface area contributed by atoms with E-state index in [1.165, 1.54) is 7.05 Å². The second kappa shape index (κ2) is 6.31. The van der Waals surface area contributed by atoms with Crippen LogP contribution in [-0.2, 0) is 0 Å². The van der Waals surface area contributed by atoms with Crippen molar-refractivity contribution in [1.29, 1.82) is 5.41 Å². The van der Waals surface area contributed by atoms with E-state index in [4.69, 9.17) is 17.0 Å². The molecule has 8 heteroatoms. The number of fused-ring (bicyclic) bond motifs is 1. The van der Waals surface area contributed by atoms with Crippen molar-refractivity contribution in [2.24, 2.45) is 4.99 Å². The molecule has 1 heterocycles. The number of aliphatic imine (C=N–C) groups is 1. The molecule has 1 aromatic heterocycles. The maximum Gasteiger partial charge on any atom is 0.429 e. The number of halogens is 4. The zero-order valence-electron chi connectivity index (χ0n) is 12.9. The average molecular weight is 345 g/mol. The van der Waals surface area contributed by atoms with Crippen LogP contribution in [-0.4, -0.2) is 34.2 Å². The Morgan fingerprint density at radius 1 is 1.39 bits per heavy atom. The van der Waals surface area contributed by atoms with Gasteiger partial charge in [0.05, 0.1) is 11.0 Å². The standard InChI is InChI=1S/C15H16ClF3N4/c1-8(2)23-11-6-4-5-9(13(11)22-14(23)16)10(21-3)7-12(20)15(17,18)19/h4-6,8,20H,7H2,1-3H3. The van der Waals surface area contributed by atoms with Gasteiger partial charge in [-0.1, -0.05) is 12.1 Å². The van der Waals surface area contributed by atoms with E-state index in [9.17, 15) is 13.2 Å². The van der Waals surface area contributed by atoms with Gasteiger partial charge in [-0.2, -0.15) is 13.2 Å². The maximum absolute atomic E-state index is 12.6. The molecule has 23 heavy (non-hydrogen) atoms. The van der Waals surface area contributed by atoms with Gasteiger partial charge < -0.3 is 9.98 Å². The summed E-state index contributed by atoms with van der Waals surface area (Å²) in [5.74, 6) is 0. The number of aromatic nitrogens is 2. The van der Waals surface area contributed by atoms with Gasteiger partial charge in [0, 0.05) is 30.8 Å². The fourth-order valence-corrected chi connectivity index (χ4v) is 2.75.